The average molecular weight is 433 g/mol. The van der Waals surface area contributed by atoms with Gasteiger partial charge in [0.05, 0.1) is 21.1 Å². The Balaban J connectivity index is 2.42. The van der Waals surface area contributed by atoms with E-state index in [4.69, 9.17) is 9.84 Å². The molecule has 0 aliphatic carbocycles. The van der Waals surface area contributed by atoms with Crippen LogP contribution in [0.4, 0.5) is 0 Å². The van der Waals surface area contributed by atoms with E-state index in [0.717, 1.165) is 4.57 Å². The molecule has 9 heteroatoms. The van der Waals surface area contributed by atoms with Crippen LogP contribution in [0.15, 0.2) is 20.3 Å². The molecule has 0 spiro atoms. The highest BCUT2D eigenvalue weighted by atomic mass is 127. The largest absolute Gasteiger partial charge is 0.394 e. The number of nitrogens with one attached hydrogen (secondary N) is 1. The number of ether oxygens (including phenoxy) is 1. The molecular weight excluding hydrogens is 423 g/mol. The molecule has 0 amide bonds. The van der Waals surface area contributed by atoms with E-state index < -0.39 is 29.7 Å². The second kappa shape index (κ2) is 5.41. The van der Waals surface area contributed by atoms with E-state index in [-0.39, 0.29) is 15.0 Å². The number of hydrogen-bond donors (Lipinski definition) is 3. The lowest BCUT2D eigenvalue weighted by atomic mass is 10.2. The molecule has 4 atom stereocenters. The van der Waals surface area contributed by atoms with Crippen molar-refractivity contribution in [2.24, 2.45) is 0 Å². The molecule has 1 unspecified atom stereocenters. The number of halogens is 2. The predicted octanol–water partition coefficient (Wildman–Crippen LogP) is -0.647. The SMILES string of the molecule is O=c1[nH]c(=O)n([C@@H]2O[C@H](CO)C(I)[C@H]2O)cc1Br. The van der Waals surface area contributed by atoms with Crippen molar-refractivity contribution in [3.63, 3.8) is 0 Å². The fraction of sp³-hybridized carbons (Fsp3) is 0.556. The van der Waals surface area contributed by atoms with Crippen molar-refractivity contribution >= 4 is 38.5 Å². The number of hydrogen-bond acceptors (Lipinski definition) is 5. The Labute approximate surface area is 123 Å². The Morgan fingerprint density at radius 2 is 2.22 bits per heavy atom. The van der Waals surface area contributed by atoms with Crippen LogP contribution in [0.3, 0.4) is 0 Å². The van der Waals surface area contributed by atoms with Gasteiger partial charge in [0.2, 0.25) is 0 Å². The van der Waals surface area contributed by atoms with Crippen molar-refractivity contribution in [1.29, 1.82) is 0 Å². The van der Waals surface area contributed by atoms with Crippen LogP contribution in [0, 0.1) is 0 Å². The van der Waals surface area contributed by atoms with Gasteiger partial charge >= 0.3 is 5.69 Å². The van der Waals surface area contributed by atoms with E-state index in [0.29, 0.717) is 0 Å². The molecule has 2 heterocycles. The molecule has 1 aliphatic rings. The Bertz CT molecular complexity index is 559. The van der Waals surface area contributed by atoms with Crippen molar-refractivity contribution < 1.29 is 14.9 Å². The van der Waals surface area contributed by atoms with Crippen LogP contribution in [0.5, 0.6) is 0 Å². The number of H-pyrrole nitrogens is 1. The van der Waals surface area contributed by atoms with Gasteiger partial charge in [-0.05, 0) is 15.9 Å². The number of alkyl halides is 1. The van der Waals surface area contributed by atoms with Gasteiger partial charge in [-0.25, -0.2) is 4.79 Å². The second-order valence-corrected chi connectivity index (χ2v) is 6.12. The molecule has 0 saturated carbocycles. The monoisotopic (exact) mass is 432 g/mol. The Morgan fingerprint density at radius 1 is 1.56 bits per heavy atom. The zero-order valence-electron chi connectivity index (χ0n) is 8.92. The number of aliphatic hydroxyl groups is 2. The highest BCUT2D eigenvalue weighted by Gasteiger charge is 2.43. The van der Waals surface area contributed by atoms with Crippen molar-refractivity contribution in [3.05, 3.63) is 31.5 Å². The summed E-state index contributed by atoms with van der Waals surface area (Å²) in [6, 6.07) is 0. The number of rotatable bonds is 2. The lowest BCUT2D eigenvalue weighted by Gasteiger charge is -2.17. The van der Waals surface area contributed by atoms with Gasteiger partial charge < -0.3 is 14.9 Å². The first-order chi connectivity index (χ1) is 8.45. The molecule has 0 aromatic carbocycles. The molecule has 1 aliphatic heterocycles. The molecule has 2 rings (SSSR count). The minimum absolute atomic E-state index is 0.162. The first-order valence-corrected chi connectivity index (χ1v) is 7.09. The third-order valence-electron chi connectivity index (χ3n) is 2.67. The van der Waals surface area contributed by atoms with Gasteiger partial charge in [0.25, 0.3) is 5.56 Å². The lowest BCUT2D eigenvalue weighted by Crippen LogP contribution is -2.36. The molecule has 1 fully saturated rings. The molecule has 0 bridgehead atoms. The van der Waals surface area contributed by atoms with E-state index in [9.17, 15) is 14.7 Å². The van der Waals surface area contributed by atoms with Crippen LogP contribution < -0.4 is 11.2 Å². The molecule has 7 nitrogen and oxygen atoms in total. The van der Waals surface area contributed by atoms with Gasteiger partial charge in [-0.1, -0.05) is 22.6 Å². The number of aliphatic hydroxyl groups excluding tert-OH is 2. The molecule has 100 valence electrons. The molecule has 1 aromatic rings. The standard InChI is InChI=1S/C9H10BrIN2O5/c10-3-1-13(9(17)12-7(3)16)8-6(15)5(11)4(2-14)18-8/h1,4-6,8,14-15H,2H2,(H,12,16,17)/t4-,5?,6-,8-/m1/s1. The van der Waals surface area contributed by atoms with Crippen LogP contribution in [0.25, 0.3) is 0 Å². The van der Waals surface area contributed by atoms with E-state index in [2.05, 4.69) is 20.9 Å². The van der Waals surface area contributed by atoms with Gasteiger partial charge in [0, 0.05) is 6.20 Å². The normalized spacial score (nSPS) is 31.8. The smallest absolute Gasteiger partial charge is 0.330 e. The zero-order chi connectivity index (χ0) is 13.4. The summed E-state index contributed by atoms with van der Waals surface area (Å²) in [5.41, 5.74) is -1.22. The van der Waals surface area contributed by atoms with Crippen molar-refractivity contribution in [3.8, 4) is 0 Å². The molecule has 1 saturated heterocycles. The zero-order valence-corrected chi connectivity index (χ0v) is 12.7. The Hall–Kier alpha value is -0.230. The number of nitrogens with zero attached hydrogens (tertiary/aromatic N) is 1. The summed E-state index contributed by atoms with van der Waals surface area (Å²) in [6.45, 7) is -0.250. The van der Waals surface area contributed by atoms with Gasteiger partial charge in [-0.3, -0.25) is 14.3 Å². The maximum absolute atomic E-state index is 11.7. The molecule has 3 N–H and O–H groups in total. The molecule has 1 aromatic heterocycles. The maximum atomic E-state index is 11.7. The third kappa shape index (κ3) is 2.41. The highest BCUT2D eigenvalue weighted by molar-refractivity contribution is 14.1. The van der Waals surface area contributed by atoms with Crippen LogP contribution in [0.1, 0.15) is 6.23 Å². The van der Waals surface area contributed by atoms with Crippen LogP contribution in [0.2, 0.25) is 0 Å². The predicted molar refractivity (Wildman–Crippen MR) is 73.8 cm³/mol. The Morgan fingerprint density at radius 3 is 2.78 bits per heavy atom. The summed E-state index contributed by atoms with van der Waals surface area (Å²) in [7, 11) is 0. The summed E-state index contributed by atoms with van der Waals surface area (Å²) >= 11 is 4.96. The van der Waals surface area contributed by atoms with Gasteiger partial charge in [-0.15, -0.1) is 0 Å². The fourth-order valence-electron chi connectivity index (χ4n) is 1.74. The summed E-state index contributed by atoms with van der Waals surface area (Å²) in [6.07, 6.45) is -1.16. The first kappa shape index (κ1) is 14.2. The fourth-order valence-corrected chi connectivity index (χ4v) is 2.81. The van der Waals surface area contributed by atoms with Crippen molar-refractivity contribution in [2.45, 2.75) is 22.4 Å². The number of aromatic nitrogens is 2. The molecular formula is C9H10BrIN2O5. The second-order valence-electron chi connectivity index (χ2n) is 3.83. The van der Waals surface area contributed by atoms with Crippen molar-refractivity contribution in [1.82, 2.24) is 9.55 Å². The van der Waals surface area contributed by atoms with Gasteiger partial charge in [-0.2, -0.15) is 0 Å². The highest BCUT2D eigenvalue weighted by Crippen LogP contribution is 2.33. The van der Waals surface area contributed by atoms with E-state index in [1.807, 2.05) is 22.6 Å². The van der Waals surface area contributed by atoms with Crippen molar-refractivity contribution in [2.75, 3.05) is 6.61 Å². The summed E-state index contributed by atoms with van der Waals surface area (Å²) in [4.78, 5) is 25.0. The molecule has 0 radical (unpaired) electrons. The molecule has 18 heavy (non-hydrogen) atoms. The number of aromatic amines is 1. The summed E-state index contributed by atoms with van der Waals surface area (Å²) < 4.78 is 6.33. The van der Waals surface area contributed by atoms with E-state index >= 15 is 0 Å². The quantitative estimate of drug-likeness (QED) is 0.425. The average Bonchev–Trinajstić information content (AvgIpc) is 2.61. The van der Waals surface area contributed by atoms with E-state index in [1.165, 1.54) is 6.20 Å². The third-order valence-corrected chi connectivity index (χ3v) is 4.77. The minimum atomic E-state index is -0.946. The van der Waals surface area contributed by atoms with Gasteiger partial charge in [0.1, 0.15) is 6.10 Å². The van der Waals surface area contributed by atoms with Crippen LogP contribution >= 0.6 is 38.5 Å². The summed E-state index contributed by atoms with van der Waals surface area (Å²) in [5, 5.41) is 19.1. The van der Waals surface area contributed by atoms with Gasteiger partial charge in [0.15, 0.2) is 6.23 Å². The first-order valence-electron chi connectivity index (χ1n) is 5.05. The Kier molecular flexibility index (Phi) is 4.26. The van der Waals surface area contributed by atoms with Crippen LogP contribution in [-0.2, 0) is 4.74 Å². The van der Waals surface area contributed by atoms with Crippen LogP contribution in [-0.4, -0.2) is 42.5 Å². The topological polar surface area (TPSA) is 105 Å². The summed E-state index contributed by atoms with van der Waals surface area (Å²) in [5.74, 6) is 0. The van der Waals surface area contributed by atoms with E-state index in [1.54, 1.807) is 0 Å². The lowest BCUT2D eigenvalue weighted by molar-refractivity contribution is -0.0530. The maximum Gasteiger partial charge on any atom is 0.330 e. The minimum Gasteiger partial charge on any atom is -0.394 e.